The van der Waals surface area contributed by atoms with Crippen LogP contribution in [0.1, 0.15) is 5.56 Å². The predicted molar refractivity (Wildman–Crippen MR) is 83.4 cm³/mol. The van der Waals surface area contributed by atoms with E-state index in [1.165, 1.54) is 11.8 Å². The van der Waals surface area contributed by atoms with E-state index in [2.05, 4.69) is 9.89 Å². The first-order chi connectivity index (χ1) is 10.3. The highest BCUT2D eigenvalue weighted by Crippen LogP contribution is 2.31. The Morgan fingerprint density at radius 3 is 2.95 bits per heavy atom. The van der Waals surface area contributed by atoms with E-state index >= 15 is 0 Å². The molecule has 0 saturated carbocycles. The number of rotatable bonds is 2. The Hall–Kier alpha value is -1.79. The number of amidine groups is 1. The van der Waals surface area contributed by atoms with Gasteiger partial charge in [0.25, 0.3) is 5.91 Å². The molecule has 1 fully saturated rings. The number of benzene rings is 1. The number of nitrogens with zero attached hydrogens (tertiary/aromatic N) is 2. The highest BCUT2D eigenvalue weighted by atomic mass is 32.2. The summed E-state index contributed by atoms with van der Waals surface area (Å²) in [6.07, 6.45) is 1.85. The second-order valence-corrected chi connectivity index (χ2v) is 5.70. The van der Waals surface area contributed by atoms with Gasteiger partial charge in [0.05, 0.1) is 25.2 Å². The third-order valence-electron chi connectivity index (χ3n) is 3.28. The standard InChI is InChI=1S/C15H16N2O3S/c1-19-12-4-2-3-11(9-12)10-13-14(18)16-15(21-13)17-5-7-20-8-6-17/h2-4,9-10H,5-8H2,1H3. The van der Waals surface area contributed by atoms with E-state index in [1.54, 1.807) is 7.11 Å². The van der Waals surface area contributed by atoms with Crippen molar-refractivity contribution in [3.05, 3.63) is 34.7 Å². The van der Waals surface area contributed by atoms with Crippen LogP contribution in [0.5, 0.6) is 5.75 Å². The minimum Gasteiger partial charge on any atom is -0.497 e. The lowest BCUT2D eigenvalue weighted by atomic mass is 10.2. The van der Waals surface area contributed by atoms with E-state index in [0.29, 0.717) is 18.1 Å². The van der Waals surface area contributed by atoms with Crippen molar-refractivity contribution in [3.63, 3.8) is 0 Å². The number of ether oxygens (including phenoxy) is 2. The van der Waals surface area contributed by atoms with Crippen molar-refractivity contribution < 1.29 is 14.3 Å². The topological polar surface area (TPSA) is 51.1 Å². The Morgan fingerprint density at radius 2 is 2.19 bits per heavy atom. The summed E-state index contributed by atoms with van der Waals surface area (Å²) in [6.45, 7) is 2.93. The molecule has 0 spiro atoms. The SMILES string of the molecule is COc1cccc(C=C2SC(N3CCOCC3)=NC2=O)c1. The van der Waals surface area contributed by atoms with Crippen molar-refractivity contribution in [1.82, 2.24) is 4.90 Å². The fourth-order valence-corrected chi connectivity index (χ4v) is 3.14. The summed E-state index contributed by atoms with van der Waals surface area (Å²) in [7, 11) is 1.63. The van der Waals surface area contributed by atoms with Crippen LogP contribution in [0.15, 0.2) is 34.2 Å². The molecule has 2 aliphatic heterocycles. The van der Waals surface area contributed by atoms with Gasteiger partial charge in [-0.15, -0.1) is 0 Å². The van der Waals surface area contributed by atoms with Crippen LogP contribution in [0, 0.1) is 0 Å². The van der Waals surface area contributed by atoms with E-state index in [9.17, 15) is 4.79 Å². The van der Waals surface area contributed by atoms with Crippen molar-refractivity contribution in [3.8, 4) is 5.75 Å². The molecule has 6 heteroatoms. The molecule has 110 valence electrons. The summed E-state index contributed by atoms with van der Waals surface area (Å²) >= 11 is 1.42. The predicted octanol–water partition coefficient (Wildman–Crippen LogP) is 2.00. The quantitative estimate of drug-likeness (QED) is 0.782. The first kappa shape index (κ1) is 14.2. The summed E-state index contributed by atoms with van der Waals surface area (Å²) in [5.74, 6) is 0.596. The van der Waals surface area contributed by atoms with E-state index < -0.39 is 0 Å². The maximum absolute atomic E-state index is 12.0. The Bertz CT molecular complexity index is 607. The smallest absolute Gasteiger partial charge is 0.286 e. The molecule has 1 aromatic rings. The molecule has 0 atom stereocenters. The van der Waals surface area contributed by atoms with Crippen LogP contribution in [0.3, 0.4) is 0 Å². The average molecular weight is 304 g/mol. The van der Waals surface area contributed by atoms with Gasteiger partial charge >= 0.3 is 0 Å². The van der Waals surface area contributed by atoms with Crippen molar-refractivity contribution in [2.24, 2.45) is 4.99 Å². The minimum atomic E-state index is -0.177. The lowest BCUT2D eigenvalue weighted by molar-refractivity contribution is -0.113. The minimum absolute atomic E-state index is 0.177. The van der Waals surface area contributed by atoms with Gasteiger partial charge in [0.15, 0.2) is 5.17 Å². The molecule has 0 unspecified atom stereocenters. The van der Waals surface area contributed by atoms with Gasteiger partial charge in [0.1, 0.15) is 5.75 Å². The van der Waals surface area contributed by atoms with Crippen LogP contribution in [0.4, 0.5) is 0 Å². The molecule has 1 saturated heterocycles. The van der Waals surface area contributed by atoms with E-state index in [4.69, 9.17) is 9.47 Å². The largest absolute Gasteiger partial charge is 0.497 e. The van der Waals surface area contributed by atoms with Crippen molar-refractivity contribution in [1.29, 1.82) is 0 Å². The number of hydrogen-bond donors (Lipinski definition) is 0. The number of aliphatic imine (C=N–C) groups is 1. The summed E-state index contributed by atoms with van der Waals surface area (Å²) in [4.78, 5) is 18.9. The normalized spacial score (nSPS) is 20.8. The molecule has 2 heterocycles. The van der Waals surface area contributed by atoms with Crippen LogP contribution >= 0.6 is 11.8 Å². The molecule has 0 bridgehead atoms. The molecule has 1 aromatic carbocycles. The summed E-state index contributed by atoms with van der Waals surface area (Å²) in [5, 5.41) is 0.775. The zero-order valence-corrected chi connectivity index (χ0v) is 12.6. The Morgan fingerprint density at radius 1 is 1.38 bits per heavy atom. The second-order valence-electron chi connectivity index (χ2n) is 4.69. The maximum atomic E-state index is 12.0. The molecule has 21 heavy (non-hydrogen) atoms. The molecule has 1 amide bonds. The number of carbonyl (C=O) groups excluding carboxylic acids is 1. The highest BCUT2D eigenvalue weighted by molar-refractivity contribution is 8.18. The fourth-order valence-electron chi connectivity index (χ4n) is 2.17. The monoisotopic (exact) mass is 304 g/mol. The maximum Gasteiger partial charge on any atom is 0.286 e. The van der Waals surface area contributed by atoms with Crippen LogP contribution in [0.2, 0.25) is 0 Å². The van der Waals surface area contributed by atoms with Gasteiger partial charge in [-0.25, -0.2) is 0 Å². The number of hydrogen-bond acceptors (Lipinski definition) is 5. The first-order valence-electron chi connectivity index (χ1n) is 6.75. The third-order valence-corrected chi connectivity index (χ3v) is 4.33. The molecular weight excluding hydrogens is 288 g/mol. The third kappa shape index (κ3) is 3.28. The van der Waals surface area contributed by atoms with E-state index in [1.807, 2.05) is 30.3 Å². The number of amides is 1. The van der Waals surface area contributed by atoms with Gasteiger partial charge in [0.2, 0.25) is 0 Å². The van der Waals surface area contributed by atoms with Crippen molar-refractivity contribution >= 4 is 28.9 Å². The fraction of sp³-hybridized carbons (Fsp3) is 0.333. The zero-order valence-electron chi connectivity index (χ0n) is 11.7. The number of carbonyl (C=O) groups is 1. The molecule has 2 aliphatic rings. The number of morpholine rings is 1. The Kier molecular flexibility index (Phi) is 4.26. The molecule has 0 aliphatic carbocycles. The number of methoxy groups -OCH3 is 1. The lowest BCUT2D eigenvalue weighted by Crippen LogP contribution is -2.38. The van der Waals surface area contributed by atoms with Crippen LogP contribution in [0.25, 0.3) is 6.08 Å². The second kappa shape index (κ2) is 6.32. The van der Waals surface area contributed by atoms with E-state index in [0.717, 1.165) is 29.6 Å². The highest BCUT2D eigenvalue weighted by Gasteiger charge is 2.27. The van der Waals surface area contributed by atoms with Crippen molar-refractivity contribution in [2.75, 3.05) is 33.4 Å². The van der Waals surface area contributed by atoms with Crippen molar-refractivity contribution in [2.45, 2.75) is 0 Å². The van der Waals surface area contributed by atoms with Gasteiger partial charge in [-0.05, 0) is 35.5 Å². The van der Waals surface area contributed by atoms with Gasteiger partial charge in [0, 0.05) is 13.1 Å². The summed E-state index contributed by atoms with van der Waals surface area (Å²) < 4.78 is 10.5. The molecular formula is C15H16N2O3S. The zero-order chi connectivity index (χ0) is 14.7. The summed E-state index contributed by atoms with van der Waals surface area (Å²) in [5.41, 5.74) is 0.934. The van der Waals surface area contributed by atoms with Gasteiger partial charge in [-0.3, -0.25) is 4.79 Å². The Labute approximate surface area is 127 Å². The lowest BCUT2D eigenvalue weighted by Gasteiger charge is -2.27. The van der Waals surface area contributed by atoms with Gasteiger partial charge in [-0.1, -0.05) is 12.1 Å². The van der Waals surface area contributed by atoms with Crippen LogP contribution in [-0.4, -0.2) is 49.4 Å². The van der Waals surface area contributed by atoms with E-state index in [-0.39, 0.29) is 5.91 Å². The van der Waals surface area contributed by atoms with Crippen LogP contribution < -0.4 is 4.74 Å². The molecule has 5 nitrogen and oxygen atoms in total. The molecule has 3 rings (SSSR count). The summed E-state index contributed by atoms with van der Waals surface area (Å²) in [6, 6.07) is 7.62. The molecule has 0 N–H and O–H groups in total. The first-order valence-corrected chi connectivity index (χ1v) is 7.57. The van der Waals surface area contributed by atoms with Gasteiger partial charge in [-0.2, -0.15) is 4.99 Å². The van der Waals surface area contributed by atoms with Crippen LogP contribution in [-0.2, 0) is 9.53 Å². The molecule has 0 aromatic heterocycles. The Balaban J connectivity index is 1.75. The van der Waals surface area contributed by atoms with Gasteiger partial charge < -0.3 is 14.4 Å². The average Bonchev–Trinajstić information content (AvgIpc) is 2.89. The molecule has 0 radical (unpaired) electrons. The number of thioether (sulfide) groups is 1.